The largest absolute Gasteiger partial charge is 0.384 e. The lowest BCUT2D eigenvalue weighted by Crippen LogP contribution is -2.40. The SMILES string of the molecule is CN(C)C(=O)c1cc2cnc(Cl)nc2n1C1CCCC1.CN(C)C(=O)c1cc2cnc(Nc3ccc(N4C(=O)CN5CCC4CC5)cn3)nc2n1C1CCCC1.Nc1ccc(N2C(=O)CN3CCC2CC3)cn1. The molecular formula is C52H65ClN16O4. The highest BCUT2D eigenvalue weighted by atomic mass is 35.5. The van der Waals surface area contributed by atoms with Gasteiger partial charge in [0.25, 0.3) is 11.8 Å². The third kappa shape index (κ3) is 10.5. The minimum absolute atomic E-state index is 0.00831. The molecule has 0 radical (unpaired) electrons. The molecule has 6 aromatic rings. The molecule has 6 saturated heterocycles. The van der Waals surface area contributed by atoms with Crippen molar-refractivity contribution >= 4 is 86.3 Å². The second-order valence-corrected chi connectivity index (χ2v) is 20.8. The number of carbonyl (C=O) groups excluding carboxylic acids is 4. The zero-order valence-electron chi connectivity index (χ0n) is 42.2. The fourth-order valence-corrected chi connectivity index (χ4v) is 11.6. The summed E-state index contributed by atoms with van der Waals surface area (Å²) in [4.78, 5) is 88.1. The number of rotatable bonds is 8. The maximum atomic E-state index is 12.9. The molecule has 2 saturated carbocycles. The number of pyridine rings is 2. The van der Waals surface area contributed by atoms with Crippen LogP contribution in [0.3, 0.4) is 0 Å². The first-order valence-corrected chi connectivity index (χ1v) is 26.1. The van der Waals surface area contributed by atoms with E-state index in [1.807, 2.05) is 40.1 Å². The topological polar surface area (TPSA) is 213 Å². The van der Waals surface area contributed by atoms with E-state index in [2.05, 4.69) is 49.2 Å². The number of hydrogen-bond acceptors (Lipinski definition) is 14. The highest BCUT2D eigenvalue weighted by Crippen LogP contribution is 2.37. The lowest BCUT2D eigenvalue weighted by Gasteiger charge is -2.31. The molecule has 6 aliphatic heterocycles. The maximum absolute atomic E-state index is 12.9. The first-order chi connectivity index (χ1) is 35.3. The molecular weight excluding hydrogens is 948 g/mol. The van der Waals surface area contributed by atoms with E-state index in [1.165, 1.54) is 12.8 Å². The summed E-state index contributed by atoms with van der Waals surface area (Å²) in [5, 5.41) is 5.15. The molecule has 73 heavy (non-hydrogen) atoms. The van der Waals surface area contributed by atoms with Crippen molar-refractivity contribution < 1.29 is 19.2 Å². The van der Waals surface area contributed by atoms with Crippen LogP contribution in [0, 0.1) is 0 Å². The summed E-state index contributed by atoms with van der Waals surface area (Å²) in [5.74, 6) is 1.81. The Morgan fingerprint density at radius 1 is 0.589 bits per heavy atom. The minimum Gasteiger partial charge on any atom is -0.384 e. The third-order valence-corrected chi connectivity index (χ3v) is 15.3. The van der Waals surface area contributed by atoms with Crippen LogP contribution in [0.4, 0.5) is 29.0 Å². The van der Waals surface area contributed by atoms with Crippen molar-refractivity contribution in [1.29, 1.82) is 0 Å². The van der Waals surface area contributed by atoms with Crippen molar-refractivity contribution in [2.24, 2.45) is 0 Å². The number of amides is 4. The molecule has 3 N–H and O–H groups in total. The van der Waals surface area contributed by atoms with Gasteiger partial charge in [-0.05, 0) is 99.4 Å². The van der Waals surface area contributed by atoms with Crippen molar-refractivity contribution in [2.45, 2.75) is 101 Å². The highest BCUT2D eigenvalue weighted by molar-refractivity contribution is 6.28. The molecule has 21 heteroatoms. The predicted molar refractivity (Wildman–Crippen MR) is 281 cm³/mol. The molecule has 0 unspecified atom stereocenters. The van der Waals surface area contributed by atoms with Gasteiger partial charge in [-0.15, -0.1) is 0 Å². The van der Waals surface area contributed by atoms with Crippen LogP contribution in [-0.4, -0.2) is 162 Å². The monoisotopic (exact) mass is 1010 g/mol. The molecule has 12 heterocycles. The van der Waals surface area contributed by atoms with Crippen molar-refractivity contribution in [2.75, 3.05) is 88.3 Å². The van der Waals surface area contributed by atoms with Crippen LogP contribution in [0.1, 0.15) is 110 Å². The smallest absolute Gasteiger partial charge is 0.270 e. The van der Waals surface area contributed by atoms with Crippen molar-refractivity contribution in [3.8, 4) is 0 Å². The Kier molecular flexibility index (Phi) is 14.6. The Bertz CT molecular complexity index is 2970. The third-order valence-electron chi connectivity index (χ3n) is 15.2. The first kappa shape index (κ1) is 49.8. The number of aromatic nitrogens is 8. The quantitative estimate of drug-likeness (QED) is 0.154. The van der Waals surface area contributed by atoms with Crippen molar-refractivity contribution in [3.63, 3.8) is 0 Å². The number of halogens is 1. The van der Waals surface area contributed by atoms with E-state index in [-0.39, 0.29) is 41.0 Å². The van der Waals surface area contributed by atoms with Gasteiger partial charge in [-0.3, -0.25) is 29.0 Å². The molecule has 6 aromatic heterocycles. The van der Waals surface area contributed by atoms with E-state index in [9.17, 15) is 19.2 Å². The predicted octanol–water partition coefficient (Wildman–Crippen LogP) is 6.57. The second-order valence-electron chi connectivity index (χ2n) is 20.5. The van der Waals surface area contributed by atoms with Crippen molar-refractivity contribution in [1.82, 2.24) is 58.6 Å². The molecule has 8 aliphatic rings. The van der Waals surface area contributed by atoms with Crippen LogP contribution < -0.4 is 20.9 Å². The van der Waals surface area contributed by atoms with Crippen LogP contribution in [0.5, 0.6) is 0 Å². The fraction of sp³-hybridized carbons (Fsp3) is 0.500. The summed E-state index contributed by atoms with van der Waals surface area (Å²) >= 11 is 5.92. The van der Waals surface area contributed by atoms with Crippen molar-refractivity contribution in [3.05, 3.63) is 77.9 Å². The van der Waals surface area contributed by atoms with Crippen LogP contribution in [0.2, 0.25) is 5.28 Å². The number of anilines is 5. The Hall–Kier alpha value is -6.77. The molecule has 2 aliphatic carbocycles. The van der Waals surface area contributed by atoms with Gasteiger partial charge < -0.3 is 39.8 Å². The van der Waals surface area contributed by atoms with Gasteiger partial charge in [0.15, 0.2) is 0 Å². The Morgan fingerprint density at radius 2 is 1.05 bits per heavy atom. The van der Waals surface area contributed by atoms with Gasteiger partial charge in [-0.25, -0.2) is 19.9 Å². The Balaban J connectivity index is 0.000000139. The summed E-state index contributed by atoms with van der Waals surface area (Å²) in [6, 6.07) is 12.4. The van der Waals surface area contributed by atoms with Gasteiger partial charge in [0, 0.05) is 102 Å². The second kappa shape index (κ2) is 21.4. The number of nitrogen functional groups attached to an aromatic ring is 1. The van der Waals surface area contributed by atoms with E-state index < -0.39 is 0 Å². The molecule has 384 valence electrons. The van der Waals surface area contributed by atoms with Crippen LogP contribution in [0.15, 0.2) is 61.2 Å². The molecule has 20 nitrogen and oxygen atoms in total. The van der Waals surface area contributed by atoms with E-state index >= 15 is 0 Å². The minimum atomic E-state index is -0.0277. The summed E-state index contributed by atoms with van der Waals surface area (Å²) in [6.07, 6.45) is 19.9. The van der Waals surface area contributed by atoms with Gasteiger partial charge in [0.2, 0.25) is 23.0 Å². The molecule has 0 atom stereocenters. The summed E-state index contributed by atoms with van der Waals surface area (Å²) in [7, 11) is 7.07. The number of nitrogens with zero attached hydrogens (tertiary/aromatic N) is 14. The van der Waals surface area contributed by atoms with Gasteiger partial charge in [0.05, 0.1) is 36.9 Å². The summed E-state index contributed by atoms with van der Waals surface area (Å²) in [5.41, 5.74) is 10.1. The number of carbonyl (C=O) groups is 4. The molecule has 0 aromatic carbocycles. The van der Waals surface area contributed by atoms with E-state index in [0.717, 1.165) is 124 Å². The molecule has 14 rings (SSSR count). The number of fused-ring (bicyclic) bond motifs is 10. The summed E-state index contributed by atoms with van der Waals surface area (Å²) < 4.78 is 4.15. The van der Waals surface area contributed by atoms with E-state index in [0.29, 0.717) is 54.1 Å². The number of hydrogen-bond donors (Lipinski definition) is 2. The van der Waals surface area contributed by atoms with E-state index in [1.54, 1.807) is 68.8 Å². The molecule has 8 fully saturated rings. The van der Waals surface area contributed by atoms with Crippen LogP contribution >= 0.6 is 11.6 Å². The first-order valence-electron chi connectivity index (χ1n) is 25.7. The zero-order valence-corrected chi connectivity index (χ0v) is 42.9. The Labute approximate surface area is 429 Å². The average molecular weight is 1010 g/mol. The molecule has 4 bridgehead atoms. The fourth-order valence-electron chi connectivity index (χ4n) is 11.5. The van der Waals surface area contributed by atoms with Gasteiger partial charge in [-0.2, -0.15) is 9.97 Å². The van der Waals surface area contributed by atoms with E-state index in [4.69, 9.17) is 22.3 Å². The zero-order chi connectivity index (χ0) is 50.9. The van der Waals surface area contributed by atoms with Crippen LogP contribution in [-0.2, 0) is 9.59 Å². The maximum Gasteiger partial charge on any atom is 0.270 e. The van der Waals surface area contributed by atoms with Gasteiger partial charge >= 0.3 is 0 Å². The van der Waals surface area contributed by atoms with Gasteiger partial charge in [-0.1, -0.05) is 25.7 Å². The Morgan fingerprint density at radius 3 is 1.51 bits per heavy atom. The standard InChI is InChI=1S/C26H32N8O2.C14H17ClN4O.C12H16N4O/c1-31(2)25(36)21-13-17-14-28-26(30-24(17)34(21)18-5-3-4-6-18)29-22-8-7-20(15-27-22)33-19-9-11-32(12-10-19)16-23(33)35;1-18(2)13(20)11-7-9-8-16-14(15)17-12(9)19(11)10-5-3-4-6-10;13-11-2-1-10(7-14-11)16-9-3-5-15(6-4-9)8-12(16)17/h7-8,13-15,18-19H,3-6,9-12,16H2,1-2H3,(H,27,28,29,30);7-8,10H,3-6H2,1-2H3;1-2,7,9H,3-6,8H2,(H2,13,14). The normalized spacial score (nSPS) is 21.9. The number of nitrogens with one attached hydrogen (secondary N) is 1. The number of nitrogens with two attached hydrogens (primary N) is 1. The molecule has 4 amide bonds. The van der Waals surface area contributed by atoms with Crippen LogP contribution in [0.25, 0.3) is 22.1 Å². The summed E-state index contributed by atoms with van der Waals surface area (Å²) in [6.45, 7) is 5.00. The van der Waals surface area contributed by atoms with Gasteiger partial charge in [0.1, 0.15) is 34.3 Å². The molecule has 0 spiro atoms. The lowest BCUT2D eigenvalue weighted by atomic mass is 10.0. The number of piperidine rings is 2. The average Bonchev–Trinajstić information content (AvgIpc) is 4.18. The lowest BCUT2D eigenvalue weighted by molar-refractivity contribution is -0.119. The highest BCUT2D eigenvalue weighted by Gasteiger charge is 2.36.